The molecule has 0 spiro atoms. The third-order valence-corrected chi connectivity index (χ3v) is 3.91. The molecule has 1 aromatic carbocycles. The first-order valence-electron chi connectivity index (χ1n) is 7.87. The summed E-state index contributed by atoms with van der Waals surface area (Å²) < 4.78 is 19.3. The molecule has 2 aromatic heterocycles. The fourth-order valence-corrected chi connectivity index (χ4v) is 2.74. The molecular weight excluding hydrogens is 324 g/mol. The predicted octanol–water partition coefficient (Wildman–Crippen LogP) is 2.02. The van der Waals surface area contributed by atoms with Crippen molar-refractivity contribution in [2.45, 2.75) is 19.9 Å². The van der Waals surface area contributed by atoms with Gasteiger partial charge in [-0.05, 0) is 12.5 Å². The molecule has 8 heteroatoms. The minimum atomic E-state index is -0.236. The van der Waals surface area contributed by atoms with Crippen LogP contribution in [0.4, 0.5) is 0 Å². The van der Waals surface area contributed by atoms with E-state index < -0.39 is 0 Å². The molecule has 3 aromatic rings. The van der Waals surface area contributed by atoms with Crippen molar-refractivity contribution in [1.82, 2.24) is 19.3 Å². The van der Waals surface area contributed by atoms with Crippen molar-refractivity contribution in [3.05, 3.63) is 35.1 Å². The summed E-state index contributed by atoms with van der Waals surface area (Å²) in [5.74, 6) is 1.17. The van der Waals surface area contributed by atoms with Gasteiger partial charge in [0.1, 0.15) is 11.8 Å². The maximum Gasteiger partial charge on any atom is 0.266 e. The fourth-order valence-electron chi connectivity index (χ4n) is 2.74. The zero-order chi connectivity index (χ0) is 18.0. The summed E-state index contributed by atoms with van der Waals surface area (Å²) in [5.41, 5.74) is 0.837. The molecular formula is C17H20N4O4. The summed E-state index contributed by atoms with van der Waals surface area (Å²) >= 11 is 0. The van der Waals surface area contributed by atoms with Crippen LogP contribution < -0.4 is 19.8 Å². The Bertz CT molecular complexity index is 961. The molecule has 0 bridgehead atoms. The van der Waals surface area contributed by atoms with Crippen LogP contribution in [0.25, 0.3) is 16.6 Å². The van der Waals surface area contributed by atoms with Gasteiger partial charge in [0.15, 0.2) is 11.5 Å². The van der Waals surface area contributed by atoms with Crippen LogP contribution in [0.5, 0.6) is 17.2 Å². The summed E-state index contributed by atoms with van der Waals surface area (Å²) in [4.78, 5) is 17.4. The number of ether oxygens (including phenoxy) is 3. The maximum absolute atomic E-state index is 13.0. The van der Waals surface area contributed by atoms with Gasteiger partial charge in [0, 0.05) is 12.7 Å². The number of fused-ring (bicyclic) bond motifs is 1. The minimum Gasteiger partial charge on any atom is -0.493 e. The van der Waals surface area contributed by atoms with Gasteiger partial charge in [-0.2, -0.15) is 5.10 Å². The number of rotatable bonds is 6. The van der Waals surface area contributed by atoms with Crippen LogP contribution in [0, 0.1) is 0 Å². The molecule has 0 fully saturated rings. The summed E-state index contributed by atoms with van der Waals surface area (Å²) in [5, 5.41) is 4.63. The third-order valence-electron chi connectivity index (χ3n) is 3.91. The maximum atomic E-state index is 13.0. The Morgan fingerprint density at radius 1 is 1.12 bits per heavy atom. The van der Waals surface area contributed by atoms with E-state index in [0.29, 0.717) is 33.8 Å². The van der Waals surface area contributed by atoms with Gasteiger partial charge in [0.05, 0.1) is 38.6 Å². The normalized spacial score (nSPS) is 10.9. The van der Waals surface area contributed by atoms with E-state index in [9.17, 15) is 4.79 Å². The highest BCUT2D eigenvalue weighted by Crippen LogP contribution is 2.41. The average Bonchev–Trinajstić information content (AvgIpc) is 3.09. The van der Waals surface area contributed by atoms with E-state index in [0.717, 1.165) is 13.0 Å². The smallest absolute Gasteiger partial charge is 0.266 e. The Hall–Kier alpha value is -3.03. The predicted molar refractivity (Wildman–Crippen MR) is 93.1 cm³/mol. The number of benzene rings is 1. The second-order valence-electron chi connectivity index (χ2n) is 5.42. The molecule has 2 heterocycles. The minimum absolute atomic E-state index is 0.236. The van der Waals surface area contributed by atoms with Gasteiger partial charge in [-0.25, -0.2) is 4.98 Å². The first-order chi connectivity index (χ1) is 12.1. The van der Waals surface area contributed by atoms with Crippen LogP contribution in [-0.4, -0.2) is 40.7 Å². The Morgan fingerprint density at radius 2 is 1.88 bits per heavy atom. The Morgan fingerprint density at radius 3 is 2.52 bits per heavy atom. The van der Waals surface area contributed by atoms with Crippen LogP contribution in [0.3, 0.4) is 0 Å². The lowest BCUT2D eigenvalue weighted by Gasteiger charge is -2.14. The van der Waals surface area contributed by atoms with E-state index in [1.54, 1.807) is 16.9 Å². The van der Waals surface area contributed by atoms with Gasteiger partial charge < -0.3 is 14.2 Å². The van der Waals surface area contributed by atoms with Crippen LogP contribution in [0.1, 0.15) is 13.3 Å². The molecule has 0 amide bonds. The molecule has 0 atom stereocenters. The number of hydrogen-bond donors (Lipinski definition) is 0. The zero-order valence-electron chi connectivity index (χ0n) is 14.6. The second kappa shape index (κ2) is 6.84. The number of methoxy groups -OCH3 is 3. The number of aromatic nitrogens is 4. The topological polar surface area (TPSA) is 80.4 Å². The summed E-state index contributed by atoms with van der Waals surface area (Å²) in [6.07, 6.45) is 5.88. The van der Waals surface area contributed by atoms with E-state index >= 15 is 0 Å². The van der Waals surface area contributed by atoms with Crippen molar-refractivity contribution >= 4 is 10.9 Å². The largest absolute Gasteiger partial charge is 0.493 e. The van der Waals surface area contributed by atoms with Gasteiger partial charge >= 0.3 is 0 Å². The molecule has 0 aliphatic carbocycles. The lowest BCUT2D eigenvalue weighted by atomic mass is 10.2. The van der Waals surface area contributed by atoms with E-state index in [4.69, 9.17) is 14.2 Å². The van der Waals surface area contributed by atoms with Gasteiger partial charge in [0.25, 0.3) is 5.56 Å². The summed E-state index contributed by atoms with van der Waals surface area (Å²) in [7, 11) is 4.51. The molecule has 0 saturated heterocycles. The number of nitrogens with zero attached hydrogens (tertiary/aromatic N) is 4. The monoisotopic (exact) mass is 344 g/mol. The third kappa shape index (κ3) is 2.79. The Kier molecular flexibility index (Phi) is 4.60. The molecule has 0 aliphatic heterocycles. The van der Waals surface area contributed by atoms with E-state index in [-0.39, 0.29) is 5.56 Å². The lowest BCUT2D eigenvalue weighted by molar-refractivity contribution is 0.326. The highest BCUT2D eigenvalue weighted by Gasteiger charge is 2.20. The van der Waals surface area contributed by atoms with Gasteiger partial charge in [-0.1, -0.05) is 6.92 Å². The molecule has 3 rings (SSSR count). The van der Waals surface area contributed by atoms with Crippen LogP contribution in [-0.2, 0) is 6.54 Å². The van der Waals surface area contributed by atoms with Gasteiger partial charge in [-0.15, -0.1) is 0 Å². The average molecular weight is 344 g/mol. The molecule has 0 unspecified atom stereocenters. The standard InChI is InChI=1S/C17H20N4O4/c1-5-6-20-9-11(8-19-20)21-10-18-14-12(17(21)22)7-13(23-2)15(24-3)16(14)25-4/h7-10H,5-6H2,1-4H3. The molecule has 0 N–H and O–H groups in total. The van der Waals surface area contributed by atoms with E-state index in [2.05, 4.69) is 17.0 Å². The second-order valence-corrected chi connectivity index (χ2v) is 5.42. The van der Waals surface area contributed by atoms with Crippen molar-refractivity contribution in [2.75, 3.05) is 21.3 Å². The van der Waals surface area contributed by atoms with Crippen molar-refractivity contribution in [1.29, 1.82) is 0 Å². The lowest BCUT2D eigenvalue weighted by Crippen LogP contribution is -2.19. The Labute approximate surface area is 144 Å². The van der Waals surface area contributed by atoms with Gasteiger partial charge in [0.2, 0.25) is 5.75 Å². The summed E-state index contributed by atoms with van der Waals surface area (Å²) in [6.45, 7) is 2.85. The van der Waals surface area contributed by atoms with Crippen molar-refractivity contribution in [2.24, 2.45) is 0 Å². The van der Waals surface area contributed by atoms with Crippen molar-refractivity contribution < 1.29 is 14.2 Å². The molecule has 0 radical (unpaired) electrons. The molecule has 132 valence electrons. The van der Waals surface area contributed by atoms with Crippen molar-refractivity contribution in [3.8, 4) is 22.9 Å². The summed E-state index contributed by atoms with van der Waals surface area (Å²) in [6, 6.07) is 1.61. The quantitative estimate of drug-likeness (QED) is 0.680. The highest BCUT2D eigenvalue weighted by molar-refractivity contribution is 5.89. The molecule has 0 saturated carbocycles. The molecule has 25 heavy (non-hydrogen) atoms. The SMILES string of the molecule is CCCn1cc(-n2cnc3c(OC)c(OC)c(OC)cc3c2=O)cn1. The van der Waals surface area contributed by atoms with E-state index in [1.807, 2.05) is 6.20 Å². The van der Waals surface area contributed by atoms with Gasteiger partial charge in [-0.3, -0.25) is 14.0 Å². The fraction of sp³-hybridized carbons (Fsp3) is 0.353. The zero-order valence-corrected chi connectivity index (χ0v) is 14.6. The highest BCUT2D eigenvalue weighted by atomic mass is 16.5. The van der Waals surface area contributed by atoms with Crippen LogP contribution >= 0.6 is 0 Å². The first-order valence-corrected chi connectivity index (χ1v) is 7.87. The number of hydrogen-bond acceptors (Lipinski definition) is 6. The van der Waals surface area contributed by atoms with E-state index in [1.165, 1.54) is 32.2 Å². The van der Waals surface area contributed by atoms with Crippen LogP contribution in [0.2, 0.25) is 0 Å². The Balaban J connectivity index is 2.24. The molecule has 8 nitrogen and oxygen atoms in total. The van der Waals surface area contributed by atoms with Crippen LogP contribution in [0.15, 0.2) is 29.6 Å². The molecule has 0 aliphatic rings. The number of aryl methyl sites for hydroxylation is 1. The van der Waals surface area contributed by atoms with Crippen molar-refractivity contribution in [3.63, 3.8) is 0 Å². The first kappa shape index (κ1) is 16.8.